The summed E-state index contributed by atoms with van der Waals surface area (Å²) in [7, 11) is 0. The van der Waals surface area contributed by atoms with Crippen molar-refractivity contribution < 1.29 is 79.7 Å². The SMILES string of the molecule is Oc1ccc([B-](c2c(F)c(F)c(F)c(F)c2F)(c2c(F)c(F)c(F)c(F)c2F)c2c(F)c(F)c(F)c(F)c2F)c(F)c1F. The van der Waals surface area contributed by atoms with E-state index in [4.69, 9.17) is 0 Å². The van der Waals surface area contributed by atoms with Crippen LogP contribution in [0.3, 0.4) is 0 Å². The van der Waals surface area contributed by atoms with Crippen molar-refractivity contribution in [2.24, 2.45) is 0 Å². The molecule has 0 aromatic heterocycles. The molecule has 4 aromatic rings. The maximum absolute atomic E-state index is 15.4. The number of rotatable bonds is 4. The molecular formula is C24H3BF17O-. The fourth-order valence-corrected chi connectivity index (χ4v) is 4.79. The number of hydrogen-bond acceptors (Lipinski definition) is 1. The van der Waals surface area contributed by atoms with Crippen LogP contribution in [0.4, 0.5) is 74.6 Å². The molecule has 0 aliphatic carbocycles. The smallest absolute Gasteiger partial charge is 0.200 e. The van der Waals surface area contributed by atoms with Gasteiger partial charge in [-0.05, 0) is 6.07 Å². The molecule has 19 heteroatoms. The predicted octanol–water partition coefficient (Wildman–Crippen LogP) is 5.13. The van der Waals surface area contributed by atoms with Gasteiger partial charge in [0.1, 0.15) is 46.9 Å². The normalized spacial score (nSPS) is 11.9. The van der Waals surface area contributed by atoms with Crippen LogP contribution >= 0.6 is 0 Å². The Kier molecular flexibility index (Phi) is 7.60. The Morgan fingerprint density at radius 1 is 0.302 bits per heavy atom. The van der Waals surface area contributed by atoms with Gasteiger partial charge in [-0.3, -0.25) is 0 Å². The molecule has 228 valence electrons. The monoisotopic (exact) mass is 641 g/mol. The number of hydrogen-bond donors (Lipinski definition) is 1. The van der Waals surface area contributed by atoms with Crippen LogP contribution in [-0.2, 0) is 0 Å². The summed E-state index contributed by atoms with van der Waals surface area (Å²) in [6, 6.07) is -0.559. The highest BCUT2D eigenvalue weighted by Gasteiger charge is 2.50. The molecular weight excluding hydrogens is 638 g/mol. The van der Waals surface area contributed by atoms with Crippen molar-refractivity contribution in [3.8, 4) is 5.75 Å². The average molecular weight is 641 g/mol. The van der Waals surface area contributed by atoms with Crippen LogP contribution in [0.25, 0.3) is 0 Å². The Bertz CT molecular complexity index is 1620. The Balaban J connectivity index is 2.62. The summed E-state index contributed by atoms with van der Waals surface area (Å²) in [5, 5.41) is 9.44. The first-order valence-electron chi connectivity index (χ1n) is 10.8. The van der Waals surface area contributed by atoms with Crippen LogP contribution in [0.2, 0.25) is 0 Å². The average Bonchev–Trinajstić information content (AvgIpc) is 2.97. The molecule has 0 bridgehead atoms. The predicted molar refractivity (Wildman–Crippen MR) is 111 cm³/mol. The van der Waals surface area contributed by atoms with Gasteiger partial charge in [-0.2, -0.15) is 9.85 Å². The Morgan fingerprint density at radius 2 is 0.535 bits per heavy atom. The van der Waals surface area contributed by atoms with Gasteiger partial charge in [0.05, 0.1) is 0 Å². The summed E-state index contributed by atoms with van der Waals surface area (Å²) in [5.74, 6) is -57.3. The molecule has 0 radical (unpaired) electrons. The van der Waals surface area contributed by atoms with Crippen LogP contribution in [0.5, 0.6) is 5.75 Å². The summed E-state index contributed by atoms with van der Waals surface area (Å²) in [5.41, 5.74) is -12.0. The molecule has 0 aliphatic rings. The summed E-state index contributed by atoms with van der Waals surface area (Å²) >= 11 is 0. The number of benzene rings is 4. The first-order chi connectivity index (χ1) is 19.9. The molecule has 0 spiro atoms. The van der Waals surface area contributed by atoms with Gasteiger partial charge < -0.3 is 5.11 Å². The molecule has 0 amide bonds. The van der Waals surface area contributed by atoms with Gasteiger partial charge in [-0.1, -0.05) is 6.07 Å². The molecule has 0 aliphatic heterocycles. The van der Waals surface area contributed by atoms with Gasteiger partial charge in [-0.25, -0.2) is 70.2 Å². The van der Waals surface area contributed by atoms with E-state index in [1.165, 1.54) is 0 Å². The van der Waals surface area contributed by atoms with E-state index in [2.05, 4.69) is 0 Å². The zero-order chi connectivity index (χ0) is 32.6. The summed E-state index contributed by atoms with van der Waals surface area (Å²) in [6.45, 7) is 0. The molecule has 0 saturated heterocycles. The van der Waals surface area contributed by atoms with Gasteiger partial charge in [0.15, 0.2) is 63.9 Å². The second-order valence-electron chi connectivity index (χ2n) is 8.62. The Morgan fingerprint density at radius 3 is 0.791 bits per heavy atom. The summed E-state index contributed by atoms with van der Waals surface area (Å²) in [6.07, 6.45) is -6.50. The van der Waals surface area contributed by atoms with E-state index in [0.717, 1.165) is 0 Å². The summed E-state index contributed by atoms with van der Waals surface area (Å²) in [4.78, 5) is 0. The Hall–Kier alpha value is -4.45. The highest BCUT2D eigenvalue weighted by atomic mass is 19.2. The van der Waals surface area contributed by atoms with Crippen LogP contribution < -0.4 is 21.9 Å². The highest BCUT2D eigenvalue weighted by Crippen LogP contribution is 2.30. The van der Waals surface area contributed by atoms with E-state index >= 15 is 30.7 Å². The number of phenols is 1. The van der Waals surface area contributed by atoms with Crippen molar-refractivity contribution in [3.63, 3.8) is 0 Å². The number of halogens is 17. The third-order valence-corrected chi connectivity index (χ3v) is 6.59. The first-order valence-corrected chi connectivity index (χ1v) is 10.8. The number of phenolic OH excluding ortho intramolecular Hbond substituents is 1. The van der Waals surface area contributed by atoms with Crippen LogP contribution in [-0.4, -0.2) is 11.3 Å². The van der Waals surface area contributed by atoms with E-state index in [9.17, 15) is 49.0 Å². The van der Waals surface area contributed by atoms with Gasteiger partial charge in [0, 0.05) is 0 Å². The first kappa shape index (κ1) is 31.5. The lowest BCUT2D eigenvalue weighted by Gasteiger charge is -2.44. The zero-order valence-electron chi connectivity index (χ0n) is 19.6. The van der Waals surface area contributed by atoms with Crippen molar-refractivity contribution >= 4 is 28.0 Å². The van der Waals surface area contributed by atoms with Gasteiger partial charge in [0.2, 0.25) is 0 Å². The second-order valence-corrected chi connectivity index (χ2v) is 8.62. The van der Waals surface area contributed by atoms with Crippen molar-refractivity contribution in [1.29, 1.82) is 0 Å². The second kappa shape index (κ2) is 10.4. The Labute approximate surface area is 225 Å². The summed E-state index contributed by atoms with van der Waals surface area (Å²) < 4.78 is 251. The van der Waals surface area contributed by atoms with Crippen LogP contribution in [0.1, 0.15) is 0 Å². The van der Waals surface area contributed by atoms with E-state index < -0.39 is 133 Å². The topological polar surface area (TPSA) is 20.2 Å². The highest BCUT2D eigenvalue weighted by molar-refractivity contribution is 7.20. The largest absolute Gasteiger partial charge is 0.505 e. The molecule has 0 atom stereocenters. The van der Waals surface area contributed by atoms with Crippen molar-refractivity contribution in [3.05, 3.63) is 111 Å². The molecule has 0 unspecified atom stereocenters. The molecule has 43 heavy (non-hydrogen) atoms. The fourth-order valence-electron chi connectivity index (χ4n) is 4.79. The maximum Gasteiger partial charge on any atom is 0.200 e. The van der Waals surface area contributed by atoms with Gasteiger partial charge >= 0.3 is 0 Å². The molecule has 1 N–H and O–H groups in total. The molecule has 4 aromatic carbocycles. The minimum Gasteiger partial charge on any atom is -0.505 e. The minimum absolute atomic E-state index is 0.186. The van der Waals surface area contributed by atoms with E-state index in [1.807, 2.05) is 0 Å². The number of aromatic hydroxyl groups is 1. The third kappa shape index (κ3) is 4.03. The van der Waals surface area contributed by atoms with Crippen LogP contribution in [0.15, 0.2) is 12.1 Å². The maximum atomic E-state index is 15.4. The lowest BCUT2D eigenvalue weighted by atomic mass is 9.12. The lowest BCUT2D eigenvalue weighted by Crippen LogP contribution is -2.80. The quantitative estimate of drug-likeness (QED) is 0.142. The van der Waals surface area contributed by atoms with Gasteiger partial charge in [-0.15, -0.1) is 16.4 Å². The molecule has 1 nitrogen and oxygen atoms in total. The fraction of sp³-hybridized carbons (Fsp3) is 0. The van der Waals surface area contributed by atoms with Crippen molar-refractivity contribution in [1.82, 2.24) is 0 Å². The van der Waals surface area contributed by atoms with Crippen molar-refractivity contribution in [2.75, 3.05) is 0 Å². The van der Waals surface area contributed by atoms with Crippen molar-refractivity contribution in [2.45, 2.75) is 0 Å². The van der Waals surface area contributed by atoms with E-state index in [-0.39, 0.29) is 12.1 Å². The molecule has 0 saturated carbocycles. The standard InChI is InChI=1S/C24H3BF17O/c26-8-3(1-2-4(43)9(8)27)25(5-10(28)16(34)22(40)17(35)11(5)29,6-12(30)18(36)23(41)19(37)13(6)31)7-14(32)20(38)24(42)21(39)15(7)33/h1-2,43H/q-1. The lowest BCUT2D eigenvalue weighted by molar-refractivity contribution is 0.379. The zero-order valence-corrected chi connectivity index (χ0v) is 19.6. The minimum atomic E-state index is -6.50. The third-order valence-electron chi connectivity index (χ3n) is 6.59. The molecule has 4 rings (SSSR count). The molecule has 0 fully saturated rings. The van der Waals surface area contributed by atoms with Gasteiger partial charge in [0.25, 0.3) is 0 Å². The van der Waals surface area contributed by atoms with E-state index in [1.54, 1.807) is 0 Å². The molecule has 0 heterocycles. The van der Waals surface area contributed by atoms with E-state index in [0.29, 0.717) is 0 Å². The van der Waals surface area contributed by atoms with Crippen LogP contribution in [0, 0.1) is 98.9 Å².